The van der Waals surface area contributed by atoms with Gasteiger partial charge in [0, 0.05) is 43.1 Å². The van der Waals surface area contributed by atoms with E-state index in [0.29, 0.717) is 42.9 Å². The van der Waals surface area contributed by atoms with Crippen LogP contribution in [0.15, 0.2) is 42.5 Å². The molecule has 7 nitrogen and oxygen atoms in total. The zero-order valence-electron chi connectivity index (χ0n) is 19.3. The Bertz CT molecular complexity index is 1230. The van der Waals surface area contributed by atoms with Crippen LogP contribution in [0.5, 0.6) is 0 Å². The quantitative estimate of drug-likeness (QED) is 0.600. The molecule has 2 aliphatic rings. The van der Waals surface area contributed by atoms with E-state index in [9.17, 15) is 18.4 Å². The number of carbonyl (C=O) groups is 2. The average Bonchev–Trinajstić information content (AvgIpc) is 3.13. The van der Waals surface area contributed by atoms with Crippen LogP contribution in [0, 0.1) is 17.6 Å². The van der Waals surface area contributed by atoms with Gasteiger partial charge in [-0.1, -0.05) is 6.42 Å². The monoisotopic (exact) mass is 479 g/mol. The fourth-order valence-corrected chi connectivity index (χ4v) is 4.81. The molecular weight excluding hydrogens is 452 g/mol. The summed E-state index contributed by atoms with van der Waals surface area (Å²) in [5.74, 6) is -0.0710. The molecule has 3 heterocycles. The molecule has 0 spiro atoms. The molecule has 35 heavy (non-hydrogen) atoms. The lowest BCUT2D eigenvalue weighted by Crippen LogP contribution is -2.41. The first-order valence-corrected chi connectivity index (χ1v) is 12.1. The van der Waals surface area contributed by atoms with Crippen LogP contribution < -0.4 is 5.32 Å². The highest BCUT2D eigenvalue weighted by Gasteiger charge is 2.28. The van der Waals surface area contributed by atoms with Gasteiger partial charge < -0.3 is 14.8 Å². The molecule has 2 aromatic carbocycles. The van der Waals surface area contributed by atoms with Gasteiger partial charge in [0.25, 0.3) is 5.91 Å². The number of anilines is 1. The third-order valence-corrected chi connectivity index (χ3v) is 6.84. The number of rotatable bonds is 4. The third-order valence-electron chi connectivity index (χ3n) is 6.84. The summed E-state index contributed by atoms with van der Waals surface area (Å²) < 4.78 is 29.8. The van der Waals surface area contributed by atoms with Crippen LogP contribution in [0.1, 0.15) is 48.3 Å². The van der Waals surface area contributed by atoms with Crippen molar-refractivity contribution in [3.05, 3.63) is 65.5 Å². The lowest BCUT2D eigenvalue weighted by molar-refractivity contribution is -0.121. The lowest BCUT2D eigenvalue weighted by Gasteiger charge is -2.31. The number of amides is 2. The van der Waals surface area contributed by atoms with Gasteiger partial charge in [0.1, 0.15) is 17.5 Å². The Morgan fingerprint density at radius 2 is 1.69 bits per heavy atom. The standard InChI is InChI=1S/C26H27F2N5O2/c27-20-8-5-18(6-9-20)26(35)32-14-11-17(12-15-32)25(34)29-22-16-19(7-10-21(22)28)24-31-30-23-4-2-1-3-13-33(23)24/h5-10,16-17H,1-4,11-15H2,(H,29,34). The zero-order chi connectivity index (χ0) is 24.4. The van der Waals surface area contributed by atoms with Gasteiger partial charge in [0.15, 0.2) is 5.82 Å². The molecule has 0 bridgehead atoms. The highest BCUT2D eigenvalue weighted by molar-refractivity contribution is 5.95. The van der Waals surface area contributed by atoms with Gasteiger partial charge in [-0.15, -0.1) is 10.2 Å². The zero-order valence-corrected chi connectivity index (χ0v) is 19.3. The summed E-state index contributed by atoms with van der Waals surface area (Å²) >= 11 is 0. The van der Waals surface area contributed by atoms with Crippen molar-refractivity contribution in [2.24, 2.45) is 5.92 Å². The van der Waals surface area contributed by atoms with Gasteiger partial charge in [-0.05, 0) is 68.1 Å². The second-order valence-corrected chi connectivity index (χ2v) is 9.16. The predicted molar refractivity (Wildman–Crippen MR) is 127 cm³/mol. The van der Waals surface area contributed by atoms with Crippen LogP contribution in [-0.2, 0) is 17.8 Å². The Kier molecular flexibility index (Phi) is 6.57. The Morgan fingerprint density at radius 1 is 0.914 bits per heavy atom. The molecule has 1 N–H and O–H groups in total. The van der Waals surface area contributed by atoms with Gasteiger partial charge in [0.05, 0.1) is 5.69 Å². The van der Waals surface area contributed by atoms with E-state index in [1.54, 1.807) is 17.0 Å². The third kappa shape index (κ3) is 4.94. The molecule has 1 fully saturated rings. The number of benzene rings is 2. The fraction of sp³-hybridized carbons (Fsp3) is 0.385. The number of hydrogen-bond donors (Lipinski definition) is 1. The summed E-state index contributed by atoms with van der Waals surface area (Å²) in [7, 11) is 0. The van der Waals surface area contributed by atoms with Crippen molar-refractivity contribution in [3.8, 4) is 11.4 Å². The Morgan fingerprint density at radius 3 is 2.46 bits per heavy atom. The van der Waals surface area contributed by atoms with Gasteiger partial charge in [-0.3, -0.25) is 9.59 Å². The SMILES string of the molecule is O=C(Nc1cc(-c2nnc3n2CCCCC3)ccc1F)C1CCN(C(=O)c2ccc(F)cc2)CC1. The van der Waals surface area contributed by atoms with Crippen molar-refractivity contribution in [2.75, 3.05) is 18.4 Å². The lowest BCUT2D eigenvalue weighted by atomic mass is 9.95. The fourth-order valence-electron chi connectivity index (χ4n) is 4.81. The van der Waals surface area contributed by atoms with E-state index in [-0.39, 0.29) is 23.4 Å². The van der Waals surface area contributed by atoms with E-state index in [2.05, 4.69) is 20.1 Å². The largest absolute Gasteiger partial charge is 0.339 e. The number of piperidine rings is 1. The Balaban J connectivity index is 1.24. The molecule has 2 amide bonds. The van der Waals surface area contributed by atoms with E-state index in [1.807, 2.05) is 0 Å². The molecular formula is C26H27F2N5O2. The summed E-state index contributed by atoms with van der Waals surface area (Å²) in [5.41, 5.74) is 1.24. The first-order valence-electron chi connectivity index (χ1n) is 12.1. The summed E-state index contributed by atoms with van der Waals surface area (Å²) in [6.45, 7) is 1.64. The van der Waals surface area contributed by atoms with Crippen molar-refractivity contribution >= 4 is 17.5 Å². The molecule has 2 aliphatic heterocycles. The highest BCUT2D eigenvalue weighted by Crippen LogP contribution is 2.28. The van der Waals surface area contributed by atoms with Gasteiger partial charge in [-0.2, -0.15) is 0 Å². The maximum absolute atomic E-state index is 14.6. The van der Waals surface area contributed by atoms with Crippen LogP contribution in [0.3, 0.4) is 0 Å². The summed E-state index contributed by atoms with van der Waals surface area (Å²) in [6.07, 6.45) is 5.08. The maximum Gasteiger partial charge on any atom is 0.253 e. The van der Waals surface area contributed by atoms with Crippen molar-refractivity contribution in [1.29, 1.82) is 0 Å². The highest BCUT2D eigenvalue weighted by atomic mass is 19.1. The minimum Gasteiger partial charge on any atom is -0.339 e. The number of hydrogen-bond acceptors (Lipinski definition) is 4. The number of nitrogens with one attached hydrogen (secondary N) is 1. The summed E-state index contributed by atoms with van der Waals surface area (Å²) in [5, 5.41) is 11.4. The molecule has 0 unspecified atom stereocenters. The molecule has 1 aromatic heterocycles. The smallest absolute Gasteiger partial charge is 0.253 e. The first kappa shape index (κ1) is 23.1. The Hall–Kier alpha value is -3.62. The van der Waals surface area contributed by atoms with E-state index in [4.69, 9.17) is 0 Å². The van der Waals surface area contributed by atoms with E-state index >= 15 is 0 Å². The first-order chi connectivity index (χ1) is 17.0. The van der Waals surface area contributed by atoms with Gasteiger partial charge in [0.2, 0.25) is 5.91 Å². The van der Waals surface area contributed by atoms with Crippen LogP contribution >= 0.6 is 0 Å². The molecule has 182 valence electrons. The number of likely N-dealkylation sites (tertiary alicyclic amines) is 1. The van der Waals surface area contributed by atoms with Crippen LogP contribution in [-0.4, -0.2) is 44.6 Å². The van der Waals surface area contributed by atoms with E-state index < -0.39 is 11.6 Å². The number of nitrogens with zero attached hydrogens (tertiary/aromatic N) is 4. The number of aryl methyl sites for hydroxylation is 1. The molecule has 0 saturated carbocycles. The van der Waals surface area contributed by atoms with Crippen molar-refractivity contribution < 1.29 is 18.4 Å². The van der Waals surface area contributed by atoms with Crippen LogP contribution in [0.4, 0.5) is 14.5 Å². The maximum atomic E-state index is 14.6. The van der Waals surface area contributed by atoms with Crippen LogP contribution in [0.25, 0.3) is 11.4 Å². The van der Waals surface area contributed by atoms with Gasteiger partial charge >= 0.3 is 0 Å². The number of aromatic nitrogens is 3. The van der Waals surface area contributed by atoms with Crippen molar-refractivity contribution in [3.63, 3.8) is 0 Å². The molecule has 5 rings (SSSR count). The molecule has 0 radical (unpaired) electrons. The number of halogens is 2. The number of carbonyl (C=O) groups excluding carboxylic acids is 2. The van der Waals surface area contributed by atoms with Crippen molar-refractivity contribution in [2.45, 2.75) is 45.1 Å². The molecule has 1 saturated heterocycles. The van der Waals surface area contributed by atoms with E-state index in [0.717, 1.165) is 38.1 Å². The summed E-state index contributed by atoms with van der Waals surface area (Å²) in [4.78, 5) is 27.2. The molecule has 0 aliphatic carbocycles. The predicted octanol–water partition coefficient (Wildman–Crippen LogP) is 4.44. The van der Waals surface area contributed by atoms with E-state index in [1.165, 1.54) is 30.3 Å². The molecule has 0 atom stereocenters. The summed E-state index contributed by atoms with van der Waals surface area (Å²) in [6, 6.07) is 10.0. The molecule has 9 heteroatoms. The topological polar surface area (TPSA) is 80.1 Å². The Labute approximate surface area is 202 Å². The normalized spacial score (nSPS) is 16.5. The minimum atomic E-state index is -0.512. The van der Waals surface area contributed by atoms with Crippen molar-refractivity contribution in [1.82, 2.24) is 19.7 Å². The average molecular weight is 480 g/mol. The minimum absolute atomic E-state index is 0.114. The van der Waals surface area contributed by atoms with Crippen LogP contribution in [0.2, 0.25) is 0 Å². The molecule has 3 aromatic rings. The van der Waals surface area contributed by atoms with Gasteiger partial charge in [-0.25, -0.2) is 8.78 Å². The number of fused-ring (bicyclic) bond motifs is 1. The second-order valence-electron chi connectivity index (χ2n) is 9.16. The second kappa shape index (κ2) is 9.93.